The van der Waals surface area contributed by atoms with Crippen LogP contribution in [0.15, 0.2) is 0 Å². The van der Waals surface area contributed by atoms with Gasteiger partial charge in [0.15, 0.2) is 5.60 Å². The predicted octanol–water partition coefficient (Wildman–Crippen LogP) is -1.13. The second kappa shape index (κ2) is 10.6. The Balaban J connectivity index is 4.58. The van der Waals surface area contributed by atoms with Crippen molar-refractivity contribution >= 4 is 41.1 Å². The van der Waals surface area contributed by atoms with Gasteiger partial charge in [-0.3, -0.25) is 9.59 Å². The SMILES string of the molecule is O=C(CC(O)(CC(=O)OCC(O)CCl)C(=O)O)OCC(O)CCl. The molecule has 11 heteroatoms. The number of aliphatic hydroxyl groups excluding tert-OH is 2. The van der Waals surface area contributed by atoms with Gasteiger partial charge in [-0.15, -0.1) is 23.2 Å². The highest BCUT2D eigenvalue weighted by Gasteiger charge is 2.42. The van der Waals surface area contributed by atoms with Gasteiger partial charge in [-0.25, -0.2) is 4.79 Å². The van der Waals surface area contributed by atoms with E-state index in [1.54, 1.807) is 0 Å². The molecule has 9 nitrogen and oxygen atoms in total. The van der Waals surface area contributed by atoms with Gasteiger partial charge in [-0.2, -0.15) is 0 Å². The van der Waals surface area contributed by atoms with Crippen LogP contribution in [0.1, 0.15) is 12.8 Å². The van der Waals surface area contributed by atoms with Crippen LogP contribution in [0.5, 0.6) is 0 Å². The lowest BCUT2D eigenvalue weighted by Crippen LogP contribution is -2.44. The Morgan fingerprint density at radius 1 is 0.913 bits per heavy atom. The van der Waals surface area contributed by atoms with Crippen molar-refractivity contribution < 1.29 is 44.3 Å². The molecule has 0 rings (SSSR count). The second-order valence-electron chi connectivity index (χ2n) is 4.67. The average Bonchev–Trinajstić information content (AvgIpc) is 2.49. The van der Waals surface area contributed by atoms with Crippen LogP contribution in [0.25, 0.3) is 0 Å². The second-order valence-corrected chi connectivity index (χ2v) is 5.29. The molecule has 0 radical (unpaired) electrons. The predicted molar refractivity (Wildman–Crippen MR) is 77.2 cm³/mol. The fourth-order valence-corrected chi connectivity index (χ4v) is 1.44. The largest absolute Gasteiger partial charge is 0.479 e. The molecule has 0 saturated carbocycles. The van der Waals surface area contributed by atoms with Crippen LogP contribution >= 0.6 is 23.2 Å². The molecule has 2 atom stereocenters. The van der Waals surface area contributed by atoms with Crippen LogP contribution in [-0.2, 0) is 23.9 Å². The van der Waals surface area contributed by atoms with Crippen molar-refractivity contribution in [2.24, 2.45) is 0 Å². The Kier molecular flexibility index (Phi) is 10.1. The van der Waals surface area contributed by atoms with Crippen molar-refractivity contribution in [2.45, 2.75) is 30.7 Å². The van der Waals surface area contributed by atoms with Crippen LogP contribution in [0, 0.1) is 0 Å². The van der Waals surface area contributed by atoms with Crippen LogP contribution in [0.3, 0.4) is 0 Å². The average molecular weight is 377 g/mol. The maximum absolute atomic E-state index is 11.5. The number of hydrogen-bond acceptors (Lipinski definition) is 8. The Bertz CT molecular complexity index is 387. The third-order valence-electron chi connectivity index (χ3n) is 2.50. The summed E-state index contributed by atoms with van der Waals surface area (Å²) in [5.74, 6) is -4.53. The van der Waals surface area contributed by atoms with Crippen molar-refractivity contribution in [3.8, 4) is 0 Å². The quantitative estimate of drug-likeness (QED) is 0.259. The standard InChI is InChI=1S/C12H18Cl2O9/c13-3-7(15)5-22-9(17)1-12(21,11(19)20)2-10(18)23-6-8(16)4-14/h7-8,15-16,21H,1-6H2,(H,19,20). The molecular weight excluding hydrogens is 359 g/mol. The molecule has 0 amide bonds. The number of rotatable bonds is 11. The maximum atomic E-state index is 11.5. The fourth-order valence-electron chi connectivity index (χ4n) is 1.26. The lowest BCUT2D eigenvalue weighted by molar-refractivity contribution is -0.174. The zero-order chi connectivity index (χ0) is 18.0. The van der Waals surface area contributed by atoms with E-state index in [2.05, 4.69) is 9.47 Å². The van der Waals surface area contributed by atoms with Crippen LogP contribution in [0.4, 0.5) is 0 Å². The third kappa shape index (κ3) is 8.92. The number of hydrogen-bond donors (Lipinski definition) is 4. The van der Waals surface area contributed by atoms with Crippen molar-refractivity contribution in [3.63, 3.8) is 0 Å². The number of carboxylic acid groups (broad SMARTS) is 1. The number of aliphatic carboxylic acids is 1. The van der Waals surface area contributed by atoms with E-state index >= 15 is 0 Å². The number of carbonyl (C=O) groups excluding carboxylic acids is 2. The number of halogens is 2. The minimum Gasteiger partial charge on any atom is -0.479 e. The first-order chi connectivity index (χ1) is 10.6. The molecule has 0 heterocycles. The van der Waals surface area contributed by atoms with Gasteiger partial charge in [0.05, 0.1) is 24.6 Å². The summed E-state index contributed by atoms with van der Waals surface area (Å²) in [6.45, 7) is -0.964. The Morgan fingerprint density at radius 3 is 1.52 bits per heavy atom. The van der Waals surface area contributed by atoms with E-state index in [4.69, 9.17) is 38.5 Å². The number of aliphatic hydroxyl groups is 3. The van der Waals surface area contributed by atoms with Crippen LogP contribution in [-0.4, -0.2) is 81.1 Å². The Hall–Kier alpha value is -1.13. The van der Waals surface area contributed by atoms with E-state index in [9.17, 15) is 19.5 Å². The Morgan fingerprint density at radius 2 is 1.26 bits per heavy atom. The monoisotopic (exact) mass is 376 g/mol. The van der Waals surface area contributed by atoms with Crippen molar-refractivity contribution in [2.75, 3.05) is 25.0 Å². The number of alkyl halides is 2. The van der Waals surface area contributed by atoms with Crippen molar-refractivity contribution in [1.29, 1.82) is 0 Å². The summed E-state index contributed by atoms with van der Waals surface area (Å²) in [7, 11) is 0. The van der Waals surface area contributed by atoms with Gasteiger partial charge in [-0.1, -0.05) is 0 Å². The van der Waals surface area contributed by atoms with E-state index in [0.29, 0.717) is 0 Å². The number of ether oxygens (including phenoxy) is 2. The first-order valence-corrected chi connectivity index (χ1v) is 7.46. The summed E-state index contributed by atoms with van der Waals surface area (Å²) in [6, 6.07) is 0. The van der Waals surface area contributed by atoms with E-state index in [1.165, 1.54) is 0 Å². The van der Waals surface area contributed by atoms with Gasteiger partial charge in [0, 0.05) is 0 Å². The Labute approximate surface area is 141 Å². The van der Waals surface area contributed by atoms with Crippen molar-refractivity contribution in [1.82, 2.24) is 0 Å². The topological polar surface area (TPSA) is 151 Å². The molecule has 0 aromatic carbocycles. The molecule has 0 spiro atoms. The molecule has 0 aliphatic heterocycles. The van der Waals surface area contributed by atoms with Gasteiger partial charge >= 0.3 is 17.9 Å². The zero-order valence-corrected chi connectivity index (χ0v) is 13.5. The first kappa shape index (κ1) is 21.9. The summed E-state index contributed by atoms with van der Waals surface area (Å²) in [5.41, 5.74) is -2.74. The molecule has 0 aliphatic rings. The highest BCUT2D eigenvalue weighted by Crippen LogP contribution is 2.18. The van der Waals surface area contributed by atoms with E-state index in [0.717, 1.165) is 0 Å². The first-order valence-electron chi connectivity index (χ1n) is 6.39. The van der Waals surface area contributed by atoms with E-state index < -0.39 is 61.8 Å². The molecule has 23 heavy (non-hydrogen) atoms. The minimum atomic E-state index is -2.74. The zero-order valence-electron chi connectivity index (χ0n) is 12.0. The summed E-state index contributed by atoms with van der Waals surface area (Å²) in [4.78, 5) is 34.0. The van der Waals surface area contributed by atoms with Gasteiger partial charge in [-0.05, 0) is 0 Å². The smallest absolute Gasteiger partial charge is 0.336 e. The molecule has 0 aromatic rings. The third-order valence-corrected chi connectivity index (χ3v) is 3.21. The maximum Gasteiger partial charge on any atom is 0.336 e. The highest BCUT2D eigenvalue weighted by atomic mass is 35.5. The van der Waals surface area contributed by atoms with E-state index in [-0.39, 0.29) is 11.8 Å². The molecule has 0 saturated heterocycles. The summed E-state index contributed by atoms with van der Waals surface area (Å²) >= 11 is 10.6. The van der Waals surface area contributed by atoms with Crippen LogP contribution in [0.2, 0.25) is 0 Å². The van der Waals surface area contributed by atoms with Gasteiger partial charge in [0.2, 0.25) is 0 Å². The normalized spacial score (nSPS) is 16.0. The molecule has 134 valence electrons. The van der Waals surface area contributed by atoms with Crippen LogP contribution < -0.4 is 0 Å². The molecule has 0 fully saturated rings. The molecular formula is C12H18Cl2O9. The summed E-state index contributed by atoms with van der Waals surface area (Å²) in [6.07, 6.45) is -4.35. The lowest BCUT2D eigenvalue weighted by Gasteiger charge is -2.22. The number of esters is 2. The van der Waals surface area contributed by atoms with Crippen molar-refractivity contribution in [3.05, 3.63) is 0 Å². The molecule has 0 aromatic heterocycles. The number of carbonyl (C=O) groups is 3. The molecule has 2 unspecified atom stereocenters. The molecule has 0 aliphatic carbocycles. The summed E-state index contributed by atoms with van der Waals surface area (Å²) in [5, 5.41) is 37.1. The summed E-state index contributed by atoms with van der Waals surface area (Å²) < 4.78 is 9.06. The van der Waals surface area contributed by atoms with Gasteiger partial charge in [0.1, 0.15) is 25.4 Å². The minimum absolute atomic E-state index is 0.203. The van der Waals surface area contributed by atoms with Gasteiger partial charge < -0.3 is 29.9 Å². The highest BCUT2D eigenvalue weighted by molar-refractivity contribution is 6.18. The molecule has 0 bridgehead atoms. The molecule has 4 N–H and O–H groups in total. The lowest BCUT2D eigenvalue weighted by atomic mass is 9.96. The van der Waals surface area contributed by atoms with E-state index in [1.807, 2.05) is 0 Å². The van der Waals surface area contributed by atoms with Gasteiger partial charge in [0.25, 0.3) is 0 Å². The fraction of sp³-hybridized carbons (Fsp3) is 0.750. The number of carboxylic acids is 1.